The number of carbonyl (C=O) groups is 3. The van der Waals surface area contributed by atoms with Crippen LogP contribution < -0.4 is 21.7 Å². The van der Waals surface area contributed by atoms with E-state index in [2.05, 4.69) is 10.6 Å². The van der Waals surface area contributed by atoms with Crippen molar-refractivity contribution in [1.82, 2.24) is 5.32 Å². The summed E-state index contributed by atoms with van der Waals surface area (Å²) in [5, 5.41) is 6.97. The van der Waals surface area contributed by atoms with Crippen LogP contribution in [0.15, 0.2) is 48.5 Å². The number of urea groups is 1. The lowest BCUT2D eigenvalue weighted by Gasteiger charge is -2.10. The molecule has 2 aromatic rings. The van der Waals surface area contributed by atoms with Gasteiger partial charge in [0.2, 0.25) is 5.91 Å². The molecule has 0 heterocycles. The molecule has 0 atom stereocenters. The number of primary amides is 1. The Morgan fingerprint density at radius 2 is 1.58 bits per heavy atom. The van der Waals surface area contributed by atoms with Gasteiger partial charge in [0.15, 0.2) is 0 Å². The molecule has 124 valence electrons. The fraction of sp³-hybridized carbons (Fsp3) is 0.0625. The van der Waals surface area contributed by atoms with Crippen LogP contribution in [0.2, 0.25) is 0 Å². The number of anilines is 2. The van der Waals surface area contributed by atoms with Gasteiger partial charge in [-0.15, -0.1) is 0 Å². The minimum absolute atomic E-state index is 0.0465. The lowest BCUT2D eigenvalue weighted by molar-refractivity contribution is -0.118. The van der Waals surface area contributed by atoms with Crippen LogP contribution in [-0.2, 0) is 4.79 Å². The van der Waals surface area contributed by atoms with Crippen LogP contribution in [0.5, 0.6) is 0 Å². The summed E-state index contributed by atoms with van der Waals surface area (Å²) in [7, 11) is 0. The third-order valence-corrected chi connectivity index (χ3v) is 3.01. The number of halogens is 1. The number of carbonyl (C=O) groups excluding carboxylic acids is 3. The third-order valence-electron chi connectivity index (χ3n) is 3.01. The van der Waals surface area contributed by atoms with Crippen LogP contribution in [0.25, 0.3) is 0 Å². The fourth-order valence-corrected chi connectivity index (χ4v) is 1.91. The summed E-state index contributed by atoms with van der Waals surface area (Å²) in [4.78, 5) is 34.7. The van der Waals surface area contributed by atoms with Crippen molar-refractivity contribution in [3.8, 4) is 0 Å². The zero-order valence-corrected chi connectivity index (χ0v) is 12.5. The van der Waals surface area contributed by atoms with Gasteiger partial charge in [0, 0.05) is 5.69 Å². The Kier molecular flexibility index (Phi) is 5.45. The fourth-order valence-electron chi connectivity index (χ4n) is 1.91. The largest absolute Gasteiger partial charge is 0.375 e. The number of para-hydroxylation sites is 2. The molecule has 0 aliphatic carbocycles. The van der Waals surface area contributed by atoms with E-state index in [1.807, 2.05) is 5.32 Å². The maximum absolute atomic E-state index is 13.4. The van der Waals surface area contributed by atoms with Gasteiger partial charge in [-0.05, 0) is 24.3 Å². The number of nitrogens with one attached hydrogen (secondary N) is 3. The second kappa shape index (κ2) is 7.73. The van der Waals surface area contributed by atoms with Crippen molar-refractivity contribution in [2.75, 3.05) is 17.2 Å². The standard InChI is InChI=1S/C16H15FN4O3/c17-11-6-2-4-8-13(11)20-16(24)21-14(22)9-19-12-7-3-1-5-10(12)15(18)23/h1-8,19H,9H2,(H2,18,23)(H2,20,21,22,24). The van der Waals surface area contributed by atoms with Gasteiger partial charge in [0.25, 0.3) is 5.91 Å². The van der Waals surface area contributed by atoms with Gasteiger partial charge in [-0.1, -0.05) is 24.3 Å². The average Bonchev–Trinajstić information content (AvgIpc) is 2.55. The number of hydrogen-bond acceptors (Lipinski definition) is 4. The molecule has 0 saturated carbocycles. The maximum atomic E-state index is 13.4. The molecule has 2 rings (SSSR count). The highest BCUT2D eigenvalue weighted by Crippen LogP contribution is 2.14. The summed E-state index contributed by atoms with van der Waals surface area (Å²) < 4.78 is 13.4. The van der Waals surface area contributed by atoms with Gasteiger partial charge in [-0.25, -0.2) is 9.18 Å². The molecule has 2 aromatic carbocycles. The predicted molar refractivity (Wildman–Crippen MR) is 87.0 cm³/mol. The molecule has 0 aliphatic heterocycles. The Labute approximate surface area is 137 Å². The SMILES string of the molecule is NC(=O)c1ccccc1NCC(=O)NC(=O)Nc1ccccc1F. The van der Waals surface area contributed by atoms with Crippen LogP contribution in [0.1, 0.15) is 10.4 Å². The number of hydrogen-bond donors (Lipinski definition) is 4. The van der Waals surface area contributed by atoms with Crippen LogP contribution >= 0.6 is 0 Å². The van der Waals surface area contributed by atoms with Crippen LogP contribution in [0, 0.1) is 5.82 Å². The van der Waals surface area contributed by atoms with E-state index in [0.717, 1.165) is 0 Å². The van der Waals surface area contributed by atoms with Crippen molar-refractivity contribution in [2.45, 2.75) is 0 Å². The first kappa shape index (κ1) is 16.9. The molecular weight excluding hydrogens is 315 g/mol. The number of nitrogens with two attached hydrogens (primary N) is 1. The first-order valence-electron chi connectivity index (χ1n) is 6.95. The third kappa shape index (κ3) is 4.54. The Bertz CT molecular complexity index is 779. The van der Waals surface area contributed by atoms with E-state index in [-0.39, 0.29) is 17.8 Å². The second-order valence-corrected chi connectivity index (χ2v) is 4.75. The lowest BCUT2D eigenvalue weighted by Crippen LogP contribution is -2.38. The first-order valence-corrected chi connectivity index (χ1v) is 6.95. The molecule has 0 spiro atoms. The van der Waals surface area contributed by atoms with Crippen molar-refractivity contribution in [3.63, 3.8) is 0 Å². The second-order valence-electron chi connectivity index (χ2n) is 4.75. The van der Waals surface area contributed by atoms with E-state index in [1.165, 1.54) is 24.3 Å². The van der Waals surface area contributed by atoms with E-state index >= 15 is 0 Å². The molecule has 0 saturated heterocycles. The zero-order chi connectivity index (χ0) is 17.5. The van der Waals surface area contributed by atoms with Gasteiger partial charge < -0.3 is 16.4 Å². The molecule has 5 N–H and O–H groups in total. The highest BCUT2D eigenvalue weighted by molar-refractivity contribution is 6.03. The van der Waals surface area contributed by atoms with E-state index in [4.69, 9.17) is 5.73 Å². The van der Waals surface area contributed by atoms with E-state index in [9.17, 15) is 18.8 Å². The molecule has 7 nitrogen and oxygen atoms in total. The molecule has 0 fully saturated rings. The molecule has 24 heavy (non-hydrogen) atoms. The molecule has 0 aliphatic rings. The highest BCUT2D eigenvalue weighted by atomic mass is 19.1. The molecule has 0 bridgehead atoms. The number of imide groups is 1. The van der Waals surface area contributed by atoms with Crippen molar-refractivity contribution in [2.24, 2.45) is 5.73 Å². The molecule has 0 radical (unpaired) electrons. The van der Waals surface area contributed by atoms with E-state index in [0.29, 0.717) is 5.69 Å². The highest BCUT2D eigenvalue weighted by Gasteiger charge is 2.12. The topological polar surface area (TPSA) is 113 Å². The molecule has 0 aromatic heterocycles. The summed E-state index contributed by atoms with van der Waals surface area (Å²) in [5.74, 6) is -1.92. The molecule has 4 amide bonds. The van der Waals surface area contributed by atoms with Gasteiger partial charge in [-0.2, -0.15) is 0 Å². The Morgan fingerprint density at radius 3 is 2.25 bits per heavy atom. The molecule has 8 heteroatoms. The van der Waals surface area contributed by atoms with Gasteiger partial charge in [0.1, 0.15) is 5.82 Å². The van der Waals surface area contributed by atoms with E-state index in [1.54, 1.807) is 24.3 Å². The normalized spacial score (nSPS) is 9.88. The minimum atomic E-state index is -0.866. The quantitative estimate of drug-likeness (QED) is 0.668. The van der Waals surface area contributed by atoms with Crippen molar-refractivity contribution in [1.29, 1.82) is 0 Å². The van der Waals surface area contributed by atoms with Gasteiger partial charge in [-0.3, -0.25) is 14.9 Å². The molecular formula is C16H15FN4O3. The number of rotatable bonds is 5. The zero-order valence-electron chi connectivity index (χ0n) is 12.5. The Balaban J connectivity index is 1.89. The van der Waals surface area contributed by atoms with Gasteiger partial charge >= 0.3 is 6.03 Å². The lowest BCUT2D eigenvalue weighted by atomic mass is 10.1. The summed E-state index contributed by atoms with van der Waals surface area (Å²) in [5.41, 5.74) is 5.77. The van der Waals surface area contributed by atoms with Crippen LogP contribution in [0.3, 0.4) is 0 Å². The van der Waals surface area contributed by atoms with Crippen molar-refractivity contribution in [3.05, 3.63) is 59.9 Å². The Morgan fingerprint density at radius 1 is 0.958 bits per heavy atom. The summed E-state index contributed by atoms with van der Waals surface area (Å²) >= 11 is 0. The maximum Gasteiger partial charge on any atom is 0.326 e. The van der Waals surface area contributed by atoms with Crippen LogP contribution in [-0.4, -0.2) is 24.4 Å². The molecule has 0 unspecified atom stereocenters. The number of amides is 4. The summed E-state index contributed by atoms with van der Waals surface area (Å²) in [6.45, 7) is -0.269. The minimum Gasteiger partial charge on any atom is -0.375 e. The monoisotopic (exact) mass is 330 g/mol. The average molecular weight is 330 g/mol. The number of benzene rings is 2. The Hall–Kier alpha value is -3.42. The van der Waals surface area contributed by atoms with Crippen LogP contribution in [0.4, 0.5) is 20.6 Å². The summed E-state index contributed by atoms with van der Waals surface area (Å²) in [6.07, 6.45) is 0. The first-order chi connectivity index (χ1) is 11.5. The predicted octanol–water partition coefficient (Wildman–Crippen LogP) is 1.68. The summed E-state index contributed by atoms with van der Waals surface area (Å²) in [6, 6.07) is 11.1. The van der Waals surface area contributed by atoms with Gasteiger partial charge in [0.05, 0.1) is 17.8 Å². The van der Waals surface area contributed by atoms with E-state index < -0.39 is 23.7 Å². The van der Waals surface area contributed by atoms with Crippen molar-refractivity contribution >= 4 is 29.2 Å². The smallest absolute Gasteiger partial charge is 0.326 e. The van der Waals surface area contributed by atoms with Crippen molar-refractivity contribution < 1.29 is 18.8 Å².